The molecule has 0 heterocycles. The van der Waals surface area contributed by atoms with Crippen molar-refractivity contribution in [2.75, 3.05) is 0 Å². The molecular weight excluding hydrogens is 176 g/mol. The van der Waals surface area contributed by atoms with Crippen molar-refractivity contribution in [2.24, 2.45) is 0 Å². The number of esters is 1. The molecule has 0 aromatic heterocycles. The summed E-state index contributed by atoms with van der Waals surface area (Å²) in [5, 5.41) is 0. The molecule has 1 aliphatic rings. The maximum atomic E-state index is 11.6. The first-order valence-electron chi connectivity index (χ1n) is 5.03. The van der Waals surface area contributed by atoms with Crippen molar-refractivity contribution in [3.63, 3.8) is 0 Å². The van der Waals surface area contributed by atoms with Crippen LogP contribution in [0.15, 0.2) is 24.3 Å². The first kappa shape index (κ1) is 9.25. The Morgan fingerprint density at radius 2 is 2.21 bits per heavy atom. The number of rotatable bonds is 2. The Morgan fingerprint density at radius 3 is 2.79 bits per heavy atom. The Bertz CT molecular complexity index is 340. The van der Waals surface area contributed by atoms with Gasteiger partial charge in [-0.25, -0.2) is 4.79 Å². The molecule has 0 bridgehead atoms. The van der Waals surface area contributed by atoms with Crippen molar-refractivity contribution < 1.29 is 9.53 Å². The molecule has 2 nitrogen and oxygen atoms in total. The Morgan fingerprint density at radius 1 is 1.43 bits per heavy atom. The van der Waals surface area contributed by atoms with E-state index in [4.69, 9.17) is 4.74 Å². The highest BCUT2D eigenvalue weighted by Gasteiger charge is 2.22. The number of aryl methyl sites for hydroxylation is 1. The Labute approximate surface area is 83.9 Å². The molecule has 0 aliphatic heterocycles. The van der Waals surface area contributed by atoms with Crippen LogP contribution in [0.4, 0.5) is 0 Å². The van der Waals surface area contributed by atoms with Gasteiger partial charge >= 0.3 is 5.97 Å². The van der Waals surface area contributed by atoms with Gasteiger partial charge in [0.15, 0.2) is 0 Å². The largest absolute Gasteiger partial charge is 0.459 e. The lowest BCUT2D eigenvalue weighted by atomic mass is 9.96. The van der Waals surface area contributed by atoms with Crippen LogP contribution >= 0.6 is 0 Å². The quantitative estimate of drug-likeness (QED) is 0.670. The molecule has 0 radical (unpaired) electrons. The van der Waals surface area contributed by atoms with Crippen molar-refractivity contribution in [1.29, 1.82) is 0 Å². The summed E-state index contributed by atoms with van der Waals surface area (Å²) < 4.78 is 5.29. The Hall–Kier alpha value is -1.31. The van der Waals surface area contributed by atoms with Gasteiger partial charge in [0.1, 0.15) is 6.10 Å². The number of hydrogen-bond acceptors (Lipinski definition) is 2. The van der Waals surface area contributed by atoms with Crippen molar-refractivity contribution in [3.8, 4) is 0 Å². The summed E-state index contributed by atoms with van der Waals surface area (Å²) >= 11 is 0. The molecule has 0 atom stereocenters. The second kappa shape index (κ2) is 3.82. The van der Waals surface area contributed by atoms with E-state index in [2.05, 4.69) is 0 Å². The van der Waals surface area contributed by atoms with Crippen LogP contribution < -0.4 is 0 Å². The van der Waals surface area contributed by atoms with Gasteiger partial charge in [-0.2, -0.15) is 0 Å². The fourth-order valence-electron chi connectivity index (χ4n) is 1.48. The SMILES string of the molecule is Cc1cccc(C(=O)OC2CCC2)c1. The van der Waals surface area contributed by atoms with E-state index >= 15 is 0 Å². The minimum Gasteiger partial charge on any atom is -0.459 e. The number of carbonyl (C=O) groups excluding carboxylic acids is 1. The topological polar surface area (TPSA) is 26.3 Å². The molecule has 2 rings (SSSR count). The summed E-state index contributed by atoms with van der Waals surface area (Å²) in [4.78, 5) is 11.6. The van der Waals surface area contributed by atoms with Crippen LogP contribution in [0.3, 0.4) is 0 Å². The van der Waals surface area contributed by atoms with Crippen LogP contribution in [0.1, 0.15) is 35.2 Å². The number of hydrogen-bond donors (Lipinski definition) is 0. The molecule has 1 saturated carbocycles. The van der Waals surface area contributed by atoms with E-state index in [1.165, 1.54) is 6.42 Å². The van der Waals surface area contributed by atoms with Gasteiger partial charge in [0.2, 0.25) is 0 Å². The predicted molar refractivity (Wildman–Crippen MR) is 54.2 cm³/mol. The maximum Gasteiger partial charge on any atom is 0.338 e. The molecular formula is C12H14O2. The molecule has 0 spiro atoms. The van der Waals surface area contributed by atoms with Crippen LogP contribution in [-0.2, 0) is 4.74 Å². The summed E-state index contributed by atoms with van der Waals surface area (Å²) in [7, 11) is 0. The van der Waals surface area contributed by atoms with Gasteiger partial charge in [-0.05, 0) is 38.3 Å². The third kappa shape index (κ3) is 1.95. The fraction of sp³-hybridized carbons (Fsp3) is 0.417. The molecule has 14 heavy (non-hydrogen) atoms. The lowest BCUT2D eigenvalue weighted by Crippen LogP contribution is -2.25. The van der Waals surface area contributed by atoms with E-state index in [0.29, 0.717) is 5.56 Å². The molecule has 2 heteroatoms. The minimum absolute atomic E-state index is 0.169. The first-order chi connectivity index (χ1) is 6.75. The molecule has 0 saturated heterocycles. The average Bonchev–Trinajstić information content (AvgIpc) is 2.11. The van der Waals surface area contributed by atoms with E-state index in [-0.39, 0.29) is 12.1 Å². The zero-order chi connectivity index (χ0) is 9.97. The summed E-state index contributed by atoms with van der Waals surface area (Å²) in [5.41, 5.74) is 1.75. The zero-order valence-corrected chi connectivity index (χ0v) is 8.32. The lowest BCUT2D eigenvalue weighted by Gasteiger charge is -2.25. The molecule has 1 aromatic carbocycles. The third-order valence-electron chi connectivity index (χ3n) is 2.58. The monoisotopic (exact) mass is 190 g/mol. The standard InChI is InChI=1S/C12H14O2/c1-9-4-2-5-10(8-9)12(13)14-11-6-3-7-11/h2,4-5,8,11H,3,6-7H2,1H3. The van der Waals surface area contributed by atoms with Crippen LogP contribution in [0, 0.1) is 6.92 Å². The Balaban J connectivity index is 2.02. The highest BCUT2D eigenvalue weighted by molar-refractivity contribution is 5.89. The van der Waals surface area contributed by atoms with Gasteiger partial charge in [0.05, 0.1) is 5.56 Å². The summed E-state index contributed by atoms with van der Waals surface area (Å²) in [5.74, 6) is -0.182. The van der Waals surface area contributed by atoms with E-state index < -0.39 is 0 Å². The van der Waals surface area contributed by atoms with Crippen molar-refractivity contribution in [3.05, 3.63) is 35.4 Å². The second-order valence-electron chi connectivity index (χ2n) is 3.83. The first-order valence-corrected chi connectivity index (χ1v) is 5.03. The highest BCUT2D eigenvalue weighted by atomic mass is 16.5. The van der Waals surface area contributed by atoms with Crippen molar-refractivity contribution >= 4 is 5.97 Å². The van der Waals surface area contributed by atoms with Gasteiger partial charge in [0, 0.05) is 0 Å². The van der Waals surface area contributed by atoms with Crippen LogP contribution in [0.25, 0.3) is 0 Å². The summed E-state index contributed by atoms with van der Waals surface area (Å²) in [6.07, 6.45) is 3.41. The van der Waals surface area contributed by atoms with Gasteiger partial charge in [-0.1, -0.05) is 17.7 Å². The van der Waals surface area contributed by atoms with E-state index in [1.54, 1.807) is 6.07 Å². The van der Waals surface area contributed by atoms with Gasteiger partial charge in [0.25, 0.3) is 0 Å². The van der Waals surface area contributed by atoms with E-state index in [9.17, 15) is 4.79 Å². The van der Waals surface area contributed by atoms with Crippen LogP contribution in [0.2, 0.25) is 0 Å². The van der Waals surface area contributed by atoms with Crippen molar-refractivity contribution in [2.45, 2.75) is 32.3 Å². The molecule has 0 unspecified atom stereocenters. The molecule has 1 fully saturated rings. The summed E-state index contributed by atoms with van der Waals surface area (Å²) in [6, 6.07) is 7.52. The highest BCUT2D eigenvalue weighted by Crippen LogP contribution is 2.23. The zero-order valence-electron chi connectivity index (χ0n) is 8.32. The summed E-state index contributed by atoms with van der Waals surface area (Å²) in [6.45, 7) is 1.97. The van der Waals surface area contributed by atoms with E-state index in [0.717, 1.165) is 18.4 Å². The van der Waals surface area contributed by atoms with Crippen LogP contribution in [0.5, 0.6) is 0 Å². The predicted octanol–water partition coefficient (Wildman–Crippen LogP) is 2.70. The number of benzene rings is 1. The van der Waals surface area contributed by atoms with Crippen molar-refractivity contribution in [1.82, 2.24) is 0 Å². The minimum atomic E-state index is -0.182. The third-order valence-corrected chi connectivity index (χ3v) is 2.58. The van der Waals surface area contributed by atoms with E-state index in [1.807, 2.05) is 25.1 Å². The van der Waals surface area contributed by atoms with Gasteiger partial charge < -0.3 is 4.74 Å². The molecule has 1 aliphatic carbocycles. The number of carbonyl (C=O) groups is 1. The second-order valence-corrected chi connectivity index (χ2v) is 3.83. The maximum absolute atomic E-state index is 11.6. The fourth-order valence-corrected chi connectivity index (χ4v) is 1.48. The smallest absolute Gasteiger partial charge is 0.338 e. The number of ether oxygens (including phenoxy) is 1. The molecule has 1 aromatic rings. The normalized spacial score (nSPS) is 16.1. The van der Waals surface area contributed by atoms with Crippen LogP contribution in [-0.4, -0.2) is 12.1 Å². The Kier molecular flexibility index (Phi) is 2.53. The van der Waals surface area contributed by atoms with Gasteiger partial charge in [-0.3, -0.25) is 0 Å². The molecule has 0 N–H and O–H groups in total. The lowest BCUT2D eigenvalue weighted by molar-refractivity contribution is 0.00900. The molecule has 74 valence electrons. The molecule has 0 amide bonds. The van der Waals surface area contributed by atoms with Gasteiger partial charge in [-0.15, -0.1) is 0 Å². The average molecular weight is 190 g/mol.